The van der Waals surface area contributed by atoms with E-state index in [4.69, 9.17) is 23.2 Å². The first-order chi connectivity index (χ1) is 22.1. The van der Waals surface area contributed by atoms with Crippen molar-refractivity contribution in [3.05, 3.63) is 129 Å². The summed E-state index contributed by atoms with van der Waals surface area (Å²) >= 11 is 12.8. The van der Waals surface area contributed by atoms with Crippen molar-refractivity contribution >= 4 is 50.7 Å². The molecule has 0 fully saturated rings. The highest BCUT2D eigenvalue weighted by Gasteiger charge is 2.36. The van der Waals surface area contributed by atoms with E-state index < -0.39 is 34.1 Å². The summed E-state index contributed by atoms with van der Waals surface area (Å²) in [5.41, 5.74) is 3.66. The van der Waals surface area contributed by atoms with E-state index in [1.165, 1.54) is 17.0 Å². The zero-order chi connectivity index (χ0) is 34.5. The van der Waals surface area contributed by atoms with Gasteiger partial charge >= 0.3 is 0 Å². The van der Waals surface area contributed by atoms with Crippen LogP contribution in [0.5, 0.6) is 0 Å². The highest BCUT2D eigenvalue weighted by molar-refractivity contribution is 7.92. The van der Waals surface area contributed by atoms with Crippen LogP contribution in [0.4, 0.5) is 5.69 Å². The number of aryl methyl sites for hydroxylation is 2. The molecule has 10 heteroatoms. The van der Waals surface area contributed by atoms with Crippen LogP contribution in [-0.4, -0.2) is 43.3 Å². The number of nitrogens with zero attached hydrogens (tertiary/aromatic N) is 2. The lowest BCUT2D eigenvalue weighted by Gasteiger charge is -2.35. The van der Waals surface area contributed by atoms with Crippen LogP contribution in [-0.2, 0) is 32.6 Å². The number of benzene rings is 4. The van der Waals surface area contributed by atoms with Gasteiger partial charge in [-0.15, -0.1) is 0 Å². The van der Waals surface area contributed by atoms with E-state index in [1.807, 2.05) is 77.9 Å². The summed E-state index contributed by atoms with van der Waals surface area (Å²) < 4.78 is 29.8. The molecular formula is C37H41Cl2N3O4S. The topological polar surface area (TPSA) is 86.8 Å². The molecule has 0 spiro atoms. The highest BCUT2D eigenvalue weighted by Crippen LogP contribution is 2.30. The first-order valence-corrected chi connectivity index (χ1v) is 17.5. The summed E-state index contributed by atoms with van der Waals surface area (Å²) in [6, 6.07) is 25.2. The Hall–Kier alpha value is -3.85. The maximum Gasteiger partial charge on any atom is 0.264 e. The predicted octanol–water partition coefficient (Wildman–Crippen LogP) is 7.67. The van der Waals surface area contributed by atoms with Gasteiger partial charge in [-0.2, -0.15) is 0 Å². The molecule has 4 aromatic rings. The van der Waals surface area contributed by atoms with Crippen LogP contribution in [0, 0.1) is 20.8 Å². The van der Waals surface area contributed by atoms with Crippen LogP contribution in [0.1, 0.15) is 48.6 Å². The number of rotatable bonds is 11. The summed E-state index contributed by atoms with van der Waals surface area (Å²) in [4.78, 5) is 30.2. The average molecular weight is 695 g/mol. The second-order valence-corrected chi connectivity index (χ2v) is 15.5. The van der Waals surface area contributed by atoms with Gasteiger partial charge in [-0.3, -0.25) is 13.9 Å². The van der Waals surface area contributed by atoms with E-state index in [2.05, 4.69) is 5.32 Å². The highest BCUT2D eigenvalue weighted by atomic mass is 35.5. The number of carbonyl (C=O) groups excluding carboxylic acids is 2. The lowest BCUT2D eigenvalue weighted by Crippen LogP contribution is -2.56. The van der Waals surface area contributed by atoms with Gasteiger partial charge in [0.2, 0.25) is 11.8 Å². The molecule has 2 amide bonds. The van der Waals surface area contributed by atoms with E-state index >= 15 is 0 Å². The van der Waals surface area contributed by atoms with Gasteiger partial charge in [-0.1, -0.05) is 89.4 Å². The van der Waals surface area contributed by atoms with Gasteiger partial charge < -0.3 is 10.2 Å². The van der Waals surface area contributed by atoms with Gasteiger partial charge in [0.25, 0.3) is 10.0 Å². The number of carbonyl (C=O) groups is 2. The number of nitrogens with one attached hydrogen (secondary N) is 1. The standard InChI is InChI=1S/C37H41Cl2N3O4S/c1-25-15-19-31(20-16-25)47(45,46)42(33-14-10-11-26(2)27(33)3)24-35(43)41(23-29-17-18-30(38)22-32(29)39)34(36(44)40-37(4,5)6)21-28-12-8-7-9-13-28/h7-20,22,34H,21,23-24H2,1-6H3,(H,40,44). The molecule has 0 aromatic heterocycles. The summed E-state index contributed by atoms with van der Waals surface area (Å²) in [5, 5.41) is 3.78. The fourth-order valence-electron chi connectivity index (χ4n) is 5.20. The number of amides is 2. The molecule has 0 saturated heterocycles. The molecule has 7 nitrogen and oxygen atoms in total. The third-order valence-electron chi connectivity index (χ3n) is 7.86. The molecule has 4 aromatic carbocycles. The molecule has 0 radical (unpaired) electrons. The maximum absolute atomic E-state index is 14.7. The Morgan fingerprint density at radius 2 is 1.51 bits per heavy atom. The van der Waals surface area contributed by atoms with Crippen LogP contribution in [0.3, 0.4) is 0 Å². The van der Waals surface area contributed by atoms with Crippen LogP contribution in [0.25, 0.3) is 0 Å². The fraction of sp³-hybridized carbons (Fsp3) is 0.297. The second-order valence-electron chi connectivity index (χ2n) is 12.7. The number of halogens is 2. The van der Waals surface area contributed by atoms with E-state index in [-0.39, 0.29) is 23.8 Å². The molecule has 0 saturated carbocycles. The lowest BCUT2D eigenvalue weighted by molar-refractivity contribution is -0.140. The Morgan fingerprint density at radius 3 is 2.13 bits per heavy atom. The first kappa shape index (κ1) is 36.0. The van der Waals surface area contributed by atoms with E-state index in [0.29, 0.717) is 21.3 Å². The molecule has 1 unspecified atom stereocenters. The van der Waals surface area contributed by atoms with Gasteiger partial charge in [0.15, 0.2) is 0 Å². The van der Waals surface area contributed by atoms with E-state index in [9.17, 15) is 18.0 Å². The lowest BCUT2D eigenvalue weighted by atomic mass is 10.0. The van der Waals surface area contributed by atoms with E-state index in [1.54, 1.807) is 42.5 Å². The summed E-state index contributed by atoms with van der Waals surface area (Å²) in [7, 11) is -4.22. The molecule has 1 atom stereocenters. The van der Waals surface area contributed by atoms with Crippen molar-refractivity contribution < 1.29 is 18.0 Å². The molecule has 248 valence electrons. The summed E-state index contributed by atoms with van der Waals surface area (Å²) in [5.74, 6) is -0.947. The van der Waals surface area contributed by atoms with E-state index in [0.717, 1.165) is 26.6 Å². The minimum Gasteiger partial charge on any atom is -0.350 e. The quantitative estimate of drug-likeness (QED) is 0.175. The zero-order valence-corrected chi connectivity index (χ0v) is 29.9. The summed E-state index contributed by atoms with van der Waals surface area (Å²) in [6.45, 7) is 10.6. The number of sulfonamides is 1. The van der Waals surface area contributed by atoms with Gasteiger partial charge in [0.1, 0.15) is 12.6 Å². The van der Waals surface area contributed by atoms with Gasteiger partial charge in [0.05, 0.1) is 10.6 Å². The zero-order valence-electron chi connectivity index (χ0n) is 27.6. The maximum atomic E-state index is 14.7. The first-order valence-electron chi connectivity index (χ1n) is 15.3. The van der Waals surface area contributed by atoms with Crippen LogP contribution in [0.15, 0.2) is 95.9 Å². The van der Waals surface area contributed by atoms with Crippen molar-refractivity contribution in [2.75, 3.05) is 10.8 Å². The predicted molar refractivity (Wildman–Crippen MR) is 190 cm³/mol. The van der Waals surface area contributed by atoms with Crippen molar-refractivity contribution in [2.24, 2.45) is 0 Å². The molecule has 0 aliphatic heterocycles. The average Bonchev–Trinajstić information content (AvgIpc) is 3.00. The van der Waals surface area contributed by atoms with Crippen LogP contribution < -0.4 is 9.62 Å². The van der Waals surface area contributed by atoms with Crippen molar-refractivity contribution in [3.63, 3.8) is 0 Å². The number of hydrogen-bond donors (Lipinski definition) is 1. The smallest absolute Gasteiger partial charge is 0.264 e. The van der Waals surface area contributed by atoms with Crippen LogP contribution >= 0.6 is 23.2 Å². The Kier molecular flexibility index (Phi) is 11.4. The molecule has 1 N–H and O–H groups in total. The van der Waals surface area contributed by atoms with Gasteiger partial charge in [-0.05, 0) is 94.1 Å². The Morgan fingerprint density at radius 1 is 0.851 bits per heavy atom. The molecule has 0 heterocycles. The SMILES string of the molecule is Cc1ccc(S(=O)(=O)N(CC(=O)N(Cc2ccc(Cl)cc2Cl)C(Cc2ccccc2)C(=O)NC(C)(C)C)c2cccc(C)c2C)cc1. The molecule has 0 bridgehead atoms. The Labute approximate surface area is 288 Å². The van der Waals surface area contributed by atoms with Gasteiger partial charge in [-0.25, -0.2) is 8.42 Å². The molecule has 47 heavy (non-hydrogen) atoms. The minimum atomic E-state index is -4.22. The Balaban J connectivity index is 1.87. The third-order valence-corrected chi connectivity index (χ3v) is 10.2. The van der Waals surface area contributed by atoms with Crippen molar-refractivity contribution in [2.45, 2.75) is 71.0 Å². The Bertz CT molecular complexity index is 1840. The largest absolute Gasteiger partial charge is 0.350 e. The summed E-state index contributed by atoms with van der Waals surface area (Å²) in [6.07, 6.45) is 0.188. The van der Waals surface area contributed by atoms with Gasteiger partial charge in [0, 0.05) is 28.5 Å². The normalized spacial score (nSPS) is 12.3. The van der Waals surface area contributed by atoms with Crippen molar-refractivity contribution in [1.82, 2.24) is 10.2 Å². The van der Waals surface area contributed by atoms with Crippen LogP contribution in [0.2, 0.25) is 10.0 Å². The monoisotopic (exact) mass is 693 g/mol. The number of hydrogen-bond acceptors (Lipinski definition) is 4. The molecule has 0 aliphatic rings. The van der Waals surface area contributed by atoms with Crippen molar-refractivity contribution in [1.29, 1.82) is 0 Å². The minimum absolute atomic E-state index is 0.0513. The second kappa shape index (κ2) is 14.9. The van der Waals surface area contributed by atoms with Crippen molar-refractivity contribution in [3.8, 4) is 0 Å². The molecule has 4 rings (SSSR count). The third kappa shape index (κ3) is 9.15. The molecule has 0 aliphatic carbocycles. The fourth-order valence-corrected chi connectivity index (χ4v) is 7.14. The molecular weight excluding hydrogens is 653 g/mol. The number of anilines is 1.